The van der Waals surface area contributed by atoms with Crippen LogP contribution in [0.5, 0.6) is 0 Å². The zero-order valence-corrected chi connectivity index (χ0v) is 33.2. The summed E-state index contributed by atoms with van der Waals surface area (Å²) in [5, 5.41) is 0. The van der Waals surface area contributed by atoms with Crippen LogP contribution in [0.4, 0.5) is 17.1 Å². The second kappa shape index (κ2) is 12.6. The van der Waals surface area contributed by atoms with Crippen LogP contribution >= 0.6 is 0 Å². The molecule has 3 aliphatic carbocycles. The fourth-order valence-electron chi connectivity index (χ4n) is 11.0. The average Bonchev–Trinajstić information content (AvgIpc) is 3.86. The van der Waals surface area contributed by atoms with E-state index in [1.807, 2.05) is 0 Å². The molecule has 3 aliphatic rings. The van der Waals surface area contributed by atoms with Crippen LogP contribution in [-0.4, -0.2) is 0 Å². The molecular formula is C58H41N. The number of benzene rings is 9. The highest BCUT2D eigenvalue weighted by atomic mass is 15.1. The van der Waals surface area contributed by atoms with Crippen molar-refractivity contribution < 1.29 is 0 Å². The van der Waals surface area contributed by atoms with Crippen molar-refractivity contribution in [3.63, 3.8) is 0 Å². The van der Waals surface area contributed by atoms with Gasteiger partial charge in [-0.2, -0.15) is 0 Å². The maximum Gasteiger partial charge on any atom is 0.0726 e. The Morgan fingerprint density at radius 3 is 1.37 bits per heavy atom. The van der Waals surface area contributed by atoms with Crippen molar-refractivity contribution in [2.24, 2.45) is 0 Å². The molecular weight excluding hydrogens is 711 g/mol. The Kier molecular flexibility index (Phi) is 7.26. The molecule has 9 aromatic rings. The summed E-state index contributed by atoms with van der Waals surface area (Å²) in [6.45, 7) is 4.76. The summed E-state index contributed by atoms with van der Waals surface area (Å²) in [5.74, 6) is 0. The predicted octanol–water partition coefficient (Wildman–Crippen LogP) is 15.1. The number of hydrogen-bond donors (Lipinski definition) is 0. The third-order valence-electron chi connectivity index (χ3n) is 13.5. The van der Waals surface area contributed by atoms with Crippen molar-refractivity contribution in [2.45, 2.75) is 24.7 Å². The summed E-state index contributed by atoms with van der Waals surface area (Å²) in [6, 6.07) is 79.2. The molecule has 0 bridgehead atoms. The Morgan fingerprint density at radius 2 is 0.746 bits per heavy atom. The van der Waals surface area contributed by atoms with Gasteiger partial charge in [-0.1, -0.05) is 196 Å². The smallest absolute Gasteiger partial charge is 0.0726 e. The van der Waals surface area contributed by atoms with Crippen molar-refractivity contribution in [3.05, 3.63) is 246 Å². The lowest BCUT2D eigenvalue weighted by Gasteiger charge is -2.32. The van der Waals surface area contributed by atoms with E-state index in [-0.39, 0.29) is 5.41 Å². The molecule has 0 radical (unpaired) electrons. The molecule has 0 unspecified atom stereocenters. The summed E-state index contributed by atoms with van der Waals surface area (Å²) in [6.07, 6.45) is 0. The third kappa shape index (κ3) is 4.67. The standard InChI is InChI=1S/C58H41N/c1-57(2)49-26-13-9-22-43(49)46-35-33-41(37-54(46)57)59(40-32-34-42(38-18-5-3-6-19-38)48(36-40)39-20-7-4-8-21-39)55-31-17-30-53-56(55)47-25-12-16-29-52(47)58(53)50-27-14-10-23-44(50)45-24-11-15-28-51(45)58/h3-37H,1-2H3. The molecule has 0 amide bonds. The summed E-state index contributed by atoms with van der Waals surface area (Å²) in [7, 11) is 0. The molecule has 278 valence electrons. The summed E-state index contributed by atoms with van der Waals surface area (Å²) < 4.78 is 0. The van der Waals surface area contributed by atoms with E-state index in [0.29, 0.717) is 0 Å². The molecule has 59 heavy (non-hydrogen) atoms. The van der Waals surface area contributed by atoms with Gasteiger partial charge in [-0.15, -0.1) is 0 Å². The highest BCUT2D eigenvalue weighted by Gasteiger charge is 2.52. The van der Waals surface area contributed by atoms with Crippen LogP contribution < -0.4 is 4.90 Å². The van der Waals surface area contributed by atoms with E-state index in [1.165, 1.54) is 94.7 Å². The van der Waals surface area contributed by atoms with E-state index in [2.05, 4.69) is 231 Å². The van der Waals surface area contributed by atoms with E-state index in [9.17, 15) is 0 Å². The molecule has 1 heteroatoms. The Bertz CT molecular complexity index is 3090. The Labute approximate surface area is 346 Å². The fraction of sp³-hybridized carbons (Fsp3) is 0.0690. The van der Waals surface area contributed by atoms with Gasteiger partial charge in [0.2, 0.25) is 0 Å². The number of rotatable bonds is 5. The fourth-order valence-corrected chi connectivity index (χ4v) is 11.0. The molecule has 0 N–H and O–H groups in total. The molecule has 0 heterocycles. The normalized spacial score (nSPS) is 14.2. The third-order valence-corrected chi connectivity index (χ3v) is 13.5. The zero-order chi connectivity index (χ0) is 39.3. The van der Waals surface area contributed by atoms with E-state index >= 15 is 0 Å². The number of nitrogens with zero attached hydrogens (tertiary/aromatic N) is 1. The molecule has 12 rings (SSSR count). The molecule has 0 aliphatic heterocycles. The second-order valence-corrected chi connectivity index (χ2v) is 16.8. The summed E-state index contributed by atoms with van der Waals surface area (Å²) in [4.78, 5) is 2.54. The van der Waals surface area contributed by atoms with Crippen molar-refractivity contribution >= 4 is 17.1 Å². The minimum absolute atomic E-state index is 0.146. The maximum absolute atomic E-state index is 2.54. The van der Waals surface area contributed by atoms with Crippen LogP contribution in [0.3, 0.4) is 0 Å². The highest BCUT2D eigenvalue weighted by Crippen LogP contribution is 2.65. The van der Waals surface area contributed by atoms with Gasteiger partial charge in [0.15, 0.2) is 0 Å². The lowest BCUT2D eigenvalue weighted by atomic mass is 9.70. The molecule has 0 aromatic heterocycles. The van der Waals surface area contributed by atoms with Crippen LogP contribution in [0.15, 0.2) is 212 Å². The first kappa shape index (κ1) is 33.9. The SMILES string of the molecule is CC1(C)c2ccccc2-c2ccc(N(c3ccc(-c4ccccc4)c(-c4ccccc4)c3)c3cccc4c3-c3ccccc3C43c4ccccc4-c4ccccc43)cc21. The average molecular weight is 752 g/mol. The number of fused-ring (bicyclic) bond motifs is 13. The molecule has 1 spiro atoms. The van der Waals surface area contributed by atoms with Gasteiger partial charge in [0.05, 0.1) is 11.1 Å². The van der Waals surface area contributed by atoms with E-state index < -0.39 is 5.41 Å². The molecule has 0 saturated heterocycles. The quantitative estimate of drug-likeness (QED) is 0.169. The second-order valence-electron chi connectivity index (χ2n) is 16.8. The van der Waals surface area contributed by atoms with Crippen molar-refractivity contribution in [1.29, 1.82) is 0 Å². The topological polar surface area (TPSA) is 3.24 Å². The van der Waals surface area contributed by atoms with Gasteiger partial charge in [0.25, 0.3) is 0 Å². The highest BCUT2D eigenvalue weighted by molar-refractivity contribution is 6.02. The van der Waals surface area contributed by atoms with Gasteiger partial charge in [0.1, 0.15) is 0 Å². The van der Waals surface area contributed by atoms with E-state index in [4.69, 9.17) is 0 Å². The van der Waals surface area contributed by atoms with Gasteiger partial charge in [-0.25, -0.2) is 0 Å². The Hall–Kier alpha value is -7.22. The van der Waals surface area contributed by atoms with E-state index in [1.54, 1.807) is 0 Å². The molecule has 1 nitrogen and oxygen atoms in total. The van der Waals surface area contributed by atoms with Crippen LogP contribution in [-0.2, 0) is 10.8 Å². The lowest BCUT2D eigenvalue weighted by Crippen LogP contribution is -2.26. The maximum atomic E-state index is 2.54. The van der Waals surface area contributed by atoms with Gasteiger partial charge < -0.3 is 4.90 Å². The predicted molar refractivity (Wildman–Crippen MR) is 246 cm³/mol. The molecule has 0 atom stereocenters. The van der Waals surface area contributed by atoms with Gasteiger partial charge in [0, 0.05) is 22.4 Å². The molecule has 0 saturated carbocycles. The van der Waals surface area contributed by atoms with Gasteiger partial charge >= 0.3 is 0 Å². The largest absolute Gasteiger partial charge is 0.310 e. The first-order valence-electron chi connectivity index (χ1n) is 20.8. The van der Waals surface area contributed by atoms with Gasteiger partial charge in [-0.05, 0) is 114 Å². The minimum Gasteiger partial charge on any atom is -0.310 e. The summed E-state index contributed by atoms with van der Waals surface area (Å²) in [5.41, 5.74) is 23.7. The first-order chi connectivity index (χ1) is 29.0. The molecule has 0 fully saturated rings. The number of anilines is 3. The summed E-state index contributed by atoms with van der Waals surface area (Å²) >= 11 is 0. The van der Waals surface area contributed by atoms with Crippen LogP contribution in [0, 0.1) is 0 Å². The first-order valence-corrected chi connectivity index (χ1v) is 20.8. The van der Waals surface area contributed by atoms with Crippen LogP contribution in [0.1, 0.15) is 47.2 Å². The van der Waals surface area contributed by atoms with Crippen molar-refractivity contribution in [1.82, 2.24) is 0 Å². The minimum atomic E-state index is -0.436. The monoisotopic (exact) mass is 751 g/mol. The van der Waals surface area contributed by atoms with Crippen molar-refractivity contribution in [2.75, 3.05) is 4.90 Å². The lowest BCUT2D eigenvalue weighted by molar-refractivity contribution is 0.660. The molecule has 9 aromatic carbocycles. The number of hydrogen-bond acceptors (Lipinski definition) is 1. The van der Waals surface area contributed by atoms with Gasteiger partial charge in [-0.3, -0.25) is 0 Å². The van der Waals surface area contributed by atoms with Crippen LogP contribution in [0.25, 0.3) is 55.6 Å². The van der Waals surface area contributed by atoms with Crippen molar-refractivity contribution in [3.8, 4) is 55.6 Å². The Balaban J connectivity index is 1.16. The zero-order valence-electron chi connectivity index (χ0n) is 33.2. The Morgan fingerprint density at radius 1 is 0.305 bits per heavy atom. The van der Waals surface area contributed by atoms with Crippen LogP contribution in [0.2, 0.25) is 0 Å². The van der Waals surface area contributed by atoms with E-state index in [0.717, 1.165) is 11.4 Å².